The van der Waals surface area contributed by atoms with Crippen molar-refractivity contribution in [2.75, 3.05) is 26.0 Å². The second-order valence-corrected chi connectivity index (χ2v) is 6.97. The van der Waals surface area contributed by atoms with E-state index in [1.165, 1.54) is 39.5 Å². The third kappa shape index (κ3) is 4.28. The zero-order chi connectivity index (χ0) is 18.6. The van der Waals surface area contributed by atoms with Crippen molar-refractivity contribution in [3.63, 3.8) is 0 Å². The second kappa shape index (κ2) is 7.54. The largest absolute Gasteiger partial charge is 0.495 e. The van der Waals surface area contributed by atoms with Crippen LogP contribution in [0, 0.1) is 6.92 Å². The molecule has 0 heterocycles. The summed E-state index contributed by atoms with van der Waals surface area (Å²) in [5.41, 5.74) is 1.59. The lowest BCUT2D eigenvalue weighted by Crippen LogP contribution is -2.25. The van der Waals surface area contributed by atoms with E-state index in [9.17, 15) is 13.2 Å². The summed E-state index contributed by atoms with van der Waals surface area (Å²) in [7, 11) is 0.201. The predicted molar refractivity (Wildman–Crippen MR) is 94.1 cm³/mol. The molecule has 1 amide bonds. The number of carbonyl (C=O) groups is 1. The SMILES string of the molecule is COc1ccc(C(=O)N(C)OC)cc1S(=O)(=O)Nc1ccc(C)cc1. The molecule has 25 heavy (non-hydrogen) atoms. The van der Waals surface area contributed by atoms with Crippen molar-refractivity contribution in [1.29, 1.82) is 0 Å². The van der Waals surface area contributed by atoms with Gasteiger partial charge in [0.2, 0.25) is 0 Å². The Morgan fingerprint density at radius 1 is 1.08 bits per heavy atom. The Bertz CT molecular complexity index is 863. The van der Waals surface area contributed by atoms with Gasteiger partial charge in [-0.2, -0.15) is 0 Å². The molecule has 0 fully saturated rings. The molecular formula is C17H20N2O5S. The molecule has 0 aromatic heterocycles. The van der Waals surface area contributed by atoms with Gasteiger partial charge in [-0.15, -0.1) is 0 Å². The van der Waals surface area contributed by atoms with E-state index < -0.39 is 15.9 Å². The van der Waals surface area contributed by atoms with Crippen molar-refractivity contribution >= 4 is 21.6 Å². The highest BCUT2D eigenvalue weighted by Crippen LogP contribution is 2.27. The maximum atomic E-state index is 12.7. The van der Waals surface area contributed by atoms with Crippen molar-refractivity contribution in [3.05, 3.63) is 53.6 Å². The number of benzene rings is 2. The van der Waals surface area contributed by atoms with Gasteiger partial charge in [-0.25, -0.2) is 13.5 Å². The molecule has 0 radical (unpaired) electrons. The summed E-state index contributed by atoms with van der Waals surface area (Å²) in [5.74, 6) is -0.340. The average Bonchev–Trinajstić information content (AvgIpc) is 2.61. The van der Waals surface area contributed by atoms with E-state index in [4.69, 9.17) is 9.57 Å². The van der Waals surface area contributed by atoms with Gasteiger partial charge in [0.25, 0.3) is 15.9 Å². The Morgan fingerprint density at radius 3 is 2.28 bits per heavy atom. The highest BCUT2D eigenvalue weighted by atomic mass is 32.2. The van der Waals surface area contributed by atoms with Crippen LogP contribution >= 0.6 is 0 Å². The summed E-state index contributed by atoms with van der Waals surface area (Å²) in [4.78, 5) is 16.9. The van der Waals surface area contributed by atoms with Crippen molar-refractivity contribution < 1.29 is 22.8 Å². The summed E-state index contributed by atoms with van der Waals surface area (Å²) in [6.07, 6.45) is 0. The highest BCUT2D eigenvalue weighted by molar-refractivity contribution is 7.92. The number of aryl methyl sites for hydroxylation is 1. The van der Waals surface area contributed by atoms with E-state index in [2.05, 4.69) is 4.72 Å². The molecule has 1 N–H and O–H groups in total. The lowest BCUT2D eigenvalue weighted by Gasteiger charge is -2.16. The number of sulfonamides is 1. The van der Waals surface area contributed by atoms with Gasteiger partial charge < -0.3 is 4.74 Å². The fourth-order valence-electron chi connectivity index (χ4n) is 2.12. The van der Waals surface area contributed by atoms with Crippen LogP contribution in [0.4, 0.5) is 5.69 Å². The molecule has 0 aliphatic rings. The molecule has 7 nitrogen and oxygen atoms in total. The number of ether oxygens (including phenoxy) is 1. The maximum absolute atomic E-state index is 12.7. The van der Waals surface area contributed by atoms with Crippen LogP contribution in [0.5, 0.6) is 5.75 Å². The standard InChI is InChI=1S/C17H20N2O5S/c1-12-5-8-14(9-6-12)18-25(21,22)16-11-13(7-10-15(16)23-3)17(20)19(2)24-4/h5-11,18H,1-4H3. The van der Waals surface area contributed by atoms with Gasteiger partial charge in [-0.05, 0) is 37.3 Å². The molecule has 2 aromatic carbocycles. The lowest BCUT2D eigenvalue weighted by molar-refractivity contribution is -0.0757. The van der Waals surface area contributed by atoms with Crippen LogP contribution in [-0.2, 0) is 14.9 Å². The van der Waals surface area contributed by atoms with Gasteiger partial charge >= 0.3 is 0 Å². The fraction of sp³-hybridized carbons (Fsp3) is 0.235. The van der Waals surface area contributed by atoms with Crippen LogP contribution in [0.3, 0.4) is 0 Å². The number of hydrogen-bond acceptors (Lipinski definition) is 5. The number of amides is 1. The minimum absolute atomic E-state index is 0.133. The number of nitrogens with zero attached hydrogens (tertiary/aromatic N) is 1. The average molecular weight is 364 g/mol. The third-order valence-corrected chi connectivity index (χ3v) is 4.97. The fourth-order valence-corrected chi connectivity index (χ4v) is 3.37. The van der Waals surface area contributed by atoms with Gasteiger partial charge in [0.05, 0.1) is 14.2 Å². The molecular weight excluding hydrogens is 344 g/mol. The second-order valence-electron chi connectivity index (χ2n) is 5.32. The third-order valence-electron chi connectivity index (χ3n) is 3.56. The Labute approximate surface area is 147 Å². The van der Waals surface area contributed by atoms with Crippen LogP contribution in [0.2, 0.25) is 0 Å². The van der Waals surface area contributed by atoms with Crippen molar-refractivity contribution in [3.8, 4) is 5.75 Å². The molecule has 0 spiro atoms. The van der Waals surface area contributed by atoms with Crippen LogP contribution in [0.15, 0.2) is 47.4 Å². The van der Waals surface area contributed by atoms with Gasteiger partial charge in [0.1, 0.15) is 10.6 Å². The van der Waals surface area contributed by atoms with Crippen molar-refractivity contribution in [2.24, 2.45) is 0 Å². The molecule has 8 heteroatoms. The summed E-state index contributed by atoms with van der Waals surface area (Å²) in [5, 5.41) is 1.01. The summed E-state index contributed by atoms with van der Waals surface area (Å²) < 4.78 is 33.1. The maximum Gasteiger partial charge on any atom is 0.277 e. The molecule has 0 aliphatic carbocycles. The Morgan fingerprint density at radius 2 is 1.72 bits per heavy atom. The van der Waals surface area contributed by atoms with Crippen LogP contribution in [0.25, 0.3) is 0 Å². The highest BCUT2D eigenvalue weighted by Gasteiger charge is 2.23. The topological polar surface area (TPSA) is 84.9 Å². The van der Waals surface area contributed by atoms with Gasteiger partial charge in [-0.1, -0.05) is 17.7 Å². The zero-order valence-corrected chi connectivity index (χ0v) is 15.3. The van der Waals surface area contributed by atoms with E-state index in [0.29, 0.717) is 5.69 Å². The lowest BCUT2D eigenvalue weighted by atomic mass is 10.2. The molecule has 2 aromatic rings. The van der Waals surface area contributed by atoms with Crippen molar-refractivity contribution in [1.82, 2.24) is 5.06 Å². The van der Waals surface area contributed by atoms with Gasteiger partial charge in [-0.3, -0.25) is 14.4 Å². The molecule has 0 unspecified atom stereocenters. The smallest absolute Gasteiger partial charge is 0.277 e. The molecule has 0 saturated carbocycles. The number of rotatable bonds is 6. The number of methoxy groups -OCH3 is 1. The Balaban J connectivity index is 2.44. The van der Waals surface area contributed by atoms with E-state index in [1.54, 1.807) is 24.3 Å². The summed E-state index contributed by atoms with van der Waals surface area (Å²) in [6.45, 7) is 1.91. The molecule has 134 valence electrons. The van der Waals surface area contributed by atoms with Crippen LogP contribution in [-0.4, -0.2) is 40.7 Å². The number of carbonyl (C=O) groups excluding carboxylic acids is 1. The van der Waals surface area contributed by atoms with Crippen LogP contribution in [0.1, 0.15) is 15.9 Å². The molecule has 0 aliphatic heterocycles. The first kappa shape index (κ1) is 18.8. The van der Waals surface area contributed by atoms with E-state index >= 15 is 0 Å². The van der Waals surface area contributed by atoms with Crippen molar-refractivity contribution in [2.45, 2.75) is 11.8 Å². The quantitative estimate of drug-likeness (QED) is 0.796. The Kier molecular flexibility index (Phi) is 5.66. The Hall–Kier alpha value is -2.58. The number of hydroxylamine groups is 2. The van der Waals surface area contributed by atoms with Crippen LogP contribution < -0.4 is 9.46 Å². The first-order valence-corrected chi connectivity index (χ1v) is 8.86. The van der Waals surface area contributed by atoms with E-state index in [1.807, 2.05) is 6.92 Å². The molecule has 0 saturated heterocycles. The number of anilines is 1. The summed E-state index contributed by atoms with van der Waals surface area (Å²) >= 11 is 0. The van der Waals surface area contributed by atoms with Gasteiger partial charge in [0.15, 0.2) is 0 Å². The molecule has 0 bridgehead atoms. The predicted octanol–water partition coefficient (Wildman–Crippen LogP) is 2.44. The van der Waals surface area contributed by atoms with E-state index in [-0.39, 0.29) is 16.2 Å². The molecule has 0 atom stereocenters. The normalized spacial score (nSPS) is 11.0. The minimum Gasteiger partial charge on any atom is -0.495 e. The monoisotopic (exact) mass is 364 g/mol. The zero-order valence-electron chi connectivity index (χ0n) is 14.4. The van der Waals surface area contributed by atoms with Gasteiger partial charge in [0, 0.05) is 18.3 Å². The minimum atomic E-state index is -3.94. The van der Waals surface area contributed by atoms with E-state index in [0.717, 1.165) is 10.6 Å². The first-order chi connectivity index (χ1) is 11.8. The molecule has 2 rings (SSSR count). The first-order valence-electron chi connectivity index (χ1n) is 7.38. The number of hydrogen-bond donors (Lipinski definition) is 1. The number of nitrogens with one attached hydrogen (secondary N) is 1. The summed E-state index contributed by atoms with van der Waals surface area (Å²) in [6, 6.07) is 11.1.